The van der Waals surface area contributed by atoms with Gasteiger partial charge in [-0.25, -0.2) is 4.98 Å². The Morgan fingerprint density at radius 1 is 1.50 bits per heavy atom. The van der Waals surface area contributed by atoms with Gasteiger partial charge in [-0.3, -0.25) is 14.0 Å². The maximum atomic E-state index is 11.6. The van der Waals surface area contributed by atoms with Crippen molar-refractivity contribution in [2.24, 2.45) is 0 Å². The lowest BCUT2D eigenvalue weighted by Gasteiger charge is -2.04. The maximum absolute atomic E-state index is 11.6. The van der Waals surface area contributed by atoms with Gasteiger partial charge >= 0.3 is 0 Å². The first kappa shape index (κ1) is 12.8. The first-order chi connectivity index (χ1) is 8.61. The number of hydrogen-bond acceptors (Lipinski definition) is 5. The number of nitrogens with one attached hydrogen (secondary N) is 3. The lowest BCUT2D eigenvalue weighted by atomic mass is 10.3. The highest BCUT2D eigenvalue weighted by atomic mass is 79.9. The van der Waals surface area contributed by atoms with Crippen LogP contribution in [0.15, 0.2) is 27.7 Å². The molecule has 94 valence electrons. The van der Waals surface area contributed by atoms with Crippen molar-refractivity contribution in [2.75, 3.05) is 12.4 Å². The van der Waals surface area contributed by atoms with Gasteiger partial charge in [0.05, 0.1) is 11.9 Å². The van der Waals surface area contributed by atoms with E-state index in [0.29, 0.717) is 15.3 Å². The van der Waals surface area contributed by atoms with Crippen LogP contribution in [0.25, 0.3) is 0 Å². The van der Waals surface area contributed by atoms with Crippen molar-refractivity contribution in [1.82, 2.24) is 14.7 Å². The Morgan fingerprint density at radius 2 is 2.28 bits per heavy atom. The lowest BCUT2D eigenvalue weighted by molar-refractivity contribution is 0.0963. The van der Waals surface area contributed by atoms with Gasteiger partial charge < -0.3 is 10.6 Å². The first-order valence-electron chi connectivity index (χ1n) is 4.94. The van der Waals surface area contributed by atoms with Crippen LogP contribution in [0.5, 0.6) is 0 Å². The van der Waals surface area contributed by atoms with E-state index in [-0.39, 0.29) is 5.56 Å². The van der Waals surface area contributed by atoms with Gasteiger partial charge in [-0.2, -0.15) is 0 Å². The summed E-state index contributed by atoms with van der Waals surface area (Å²) < 4.78 is 3.23. The van der Waals surface area contributed by atoms with Crippen LogP contribution >= 0.6 is 27.5 Å². The Balaban J connectivity index is 2.32. The fourth-order valence-electron chi connectivity index (χ4n) is 1.30. The van der Waals surface area contributed by atoms with E-state index in [1.165, 1.54) is 7.05 Å². The highest BCUT2D eigenvalue weighted by Crippen LogP contribution is 2.22. The molecule has 0 aliphatic carbocycles. The summed E-state index contributed by atoms with van der Waals surface area (Å²) in [6.45, 7) is 0. The minimum atomic E-state index is -0.426. The normalized spacial score (nSPS) is 10.1. The summed E-state index contributed by atoms with van der Waals surface area (Å²) in [6, 6.07) is 3.55. The molecule has 0 saturated heterocycles. The molecule has 2 aromatic rings. The number of H-pyrrole nitrogens is 1. The molecule has 2 aromatic heterocycles. The monoisotopic (exact) mass is 328 g/mol. The average Bonchev–Trinajstić information content (AvgIpc) is 2.72. The van der Waals surface area contributed by atoms with Crippen molar-refractivity contribution < 1.29 is 4.79 Å². The van der Waals surface area contributed by atoms with Crippen LogP contribution in [0, 0.1) is 0 Å². The van der Waals surface area contributed by atoms with Crippen LogP contribution in [-0.4, -0.2) is 22.3 Å². The summed E-state index contributed by atoms with van der Waals surface area (Å²) in [5.74, 6) is -0.426. The number of aromatic nitrogens is 2. The van der Waals surface area contributed by atoms with E-state index in [1.54, 1.807) is 18.3 Å². The molecule has 0 unspecified atom stereocenters. The van der Waals surface area contributed by atoms with Crippen LogP contribution in [0.1, 0.15) is 10.4 Å². The molecule has 8 heteroatoms. The topological polar surface area (TPSA) is 86.9 Å². The second kappa shape index (κ2) is 5.32. The molecule has 6 nitrogen and oxygen atoms in total. The first-order valence-corrected chi connectivity index (χ1v) is 6.55. The number of anilines is 2. The fraction of sp³-hybridized carbons (Fsp3) is 0.100. The Kier molecular flexibility index (Phi) is 3.78. The molecule has 2 rings (SSSR count). The van der Waals surface area contributed by atoms with Crippen LogP contribution in [0.3, 0.4) is 0 Å². The van der Waals surface area contributed by atoms with Gasteiger partial charge in [-0.05, 0) is 39.6 Å². The smallest absolute Gasteiger partial charge is 0.273 e. The van der Waals surface area contributed by atoms with E-state index < -0.39 is 11.5 Å². The second-order valence-electron chi connectivity index (χ2n) is 3.31. The standard InChI is InChI=1S/C10H9BrN4O2S/c1-12-8(16)7-9(17)15-18-10(7)14-5-2-3-6(11)13-4-5/h2-4,14H,1H3,(H,12,16)(H,15,17). The SMILES string of the molecule is CNC(=O)c1c(Nc2ccc(Br)nc2)s[nH]c1=O. The highest BCUT2D eigenvalue weighted by molar-refractivity contribution is 9.10. The predicted molar refractivity (Wildman–Crippen MR) is 73.5 cm³/mol. The van der Waals surface area contributed by atoms with Gasteiger partial charge in [0.1, 0.15) is 15.2 Å². The number of carbonyl (C=O) groups is 1. The molecule has 0 fully saturated rings. The van der Waals surface area contributed by atoms with Crippen molar-refractivity contribution in [3.05, 3.63) is 38.9 Å². The molecule has 0 aromatic carbocycles. The van der Waals surface area contributed by atoms with Crippen molar-refractivity contribution in [1.29, 1.82) is 0 Å². The van der Waals surface area contributed by atoms with Crippen LogP contribution in [-0.2, 0) is 0 Å². The third kappa shape index (κ3) is 2.59. The molecule has 18 heavy (non-hydrogen) atoms. The maximum Gasteiger partial charge on any atom is 0.273 e. The van der Waals surface area contributed by atoms with Crippen molar-refractivity contribution >= 4 is 44.1 Å². The van der Waals surface area contributed by atoms with E-state index >= 15 is 0 Å². The summed E-state index contributed by atoms with van der Waals surface area (Å²) in [5.41, 5.74) is 0.357. The molecule has 0 aliphatic rings. The summed E-state index contributed by atoms with van der Waals surface area (Å²) in [7, 11) is 1.48. The minimum Gasteiger partial charge on any atom is -0.355 e. The van der Waals surface area contributed by atoms with E-state index in [1.807, 2.05) is 0 Å². The molecule has 0 spiro atoms. The van der Waals surface area contributed by atoms with Crippen LogP contribution < -0.4 is 16.2 Å². The molecule has 0 aliphatic heterocycles. The Morgan fingerprint density at radius 3 is 2.89 bits per heavy atom. The number of aromatic amines is 1. The van der Waals surface area contributed by atoms with Gasteiger partial charge in [0, 0.05) is 7.05 Å². The Bertz CT molecular complexity index is 620. The van der Waals surface area contributed by atoms with Gasteiger partial charge in [0.25, 0.3) is 11.5 Å². The molecule has 3 N–H and O–H groups in total. The Hall–Kier alpha value is -1.67. The summed E-state index contributed by atoms with van der Waals surface area (Å²) >= 11 is 4.30. The predicted octanol–water partition coefficient (Wildman–Crippen LogP) is 1.70. The van der Waals surface area contributed by atoms with E-state index in [0.717, 1.165) is 11.5 Å². The number of hydrogen-bond donors (Lipinski definition) is 3. The van der Waals surface area contributed by atoms with Crippen LogP contribution in [0.4, 0.5) is 10.7 Å². The van der Waals surface area contributed by atoms with Gasteiger partial charge in [-0.15, -0.1) is 0 Å². The molecular weight excluding hydrogens is 320 g/mol. The van der Waals surface area contributed by atoms with Crippen molar-refractivity contribution in [2.45, 2.75) is 0 Å². The highest BCUT2D eigenvalue weighted by Gasteiger charge is 2.17. The number of amides is 1. The van der Waals surface area contributed by atoms with E-state index in [9.17, 15) is 9.59 Å². The Labute approximate surface area is 115 Å². The second-order valence-corrected chi connectivity index (χ2v) is 4.94. The summed E-state index contributed by atoms with van der Waals surface area (Å²) in [5, 5.41) is 5.87. The molecule has 0 saturated carbocycles. The minimum absolute atomic E-state index is 0.0745. The average molecular weight is 329 g/mol. The zero-order chi connectivity index (χ0) is 13.1. The zero-order valence-corrected chi connectivity index (χ0v) is 11.7. The van der Waals surface area contributed by atoms with E-state index in [2.05, 4.69) is 35.9 Å². The molecule has 0 bridgehead atoms. The summed E-state index contributed by atoms with van der Waals surface area (Å²) in [4.78, 5) is 27.1. The lowest BCUT2D eigenvalue weighted by Crippen LogP contribution is -2.24. The number of pyridine rings is 1. The third-order valence-electron chi connectivity index (χ3n) is 2.14. The molecule has 0 radical (unpaired) electrons. The molecule has 0 atom stereocenters. The van der Waals surface area contributed by atoms with Gasteiger partial charge in [0.15, 0.2) is 0 Å². The number of carbonyl (C=O) groups excluding carboxylic acids is 1. The summed E-state index contributed by atoms with van der Waals surface area (Å²) in [6.07, 6.45) is 1.60. The fourth-order valence-corrected chi connectivity index (χ4v) is 2.29. The molecular formula is C10H9BrN4O2S. The quantitative estimate of drug-likeness (QED) is 0.748. The number of rotatable bonds is 3. The number of nitrogens with zero attached hydrogens (tertiary/aromatic N) is 1. The third-order valence-corrected chi connectivity index (χ3v) is 3.41. The van der Waals surface area contributed by atoms with Crippen LogP contribution in [0.2, 0.25) is 0 Å². The van der Waals surface area contributed by atoms with Gasteiger partial charge in [-0.1, -0.05) is 0 Å². The van der Waals surface area contributed by atoms with Crippen molar-refractivity contribution in [3.63, 3.8) is 0 Å². The van der Waals surface area contributed by atoms with Crippen molar-refractivity contribution in [3.8, 4) is 0 Å². The molecule has 1 amide bonds. The molecule has 2 heterocycles. The van der Waals surface area contributed by atoms with E-state index in [4.69, 9.17) is 0 Å². The van der Waals surface area contributed by atoms with Gasteiger partial charge in [0.2, 0.25) is 0 Å². The largest absolute Gasteiger partial charge is 0.355 e. The zero-order valence-electron chi connectivity index (χ0n) is 9.28. The number of halogens is 1.